The minimum atomic E-state index is -0.465. The van der Waals surface area contributed by atoms with Gasteiger partial charge in [-0.25, -0.2) is 0 Å². The largest absolute Gasteiger partial charge is 0.325 e. The maximum atomic E-state index is 11.6. The SMILES string of the molecule is CCCC(N)C(=O)Nc1ccc(Br)c(Cl)c1. The lowest BCUT2D eigenvalue weighted by Gasteiger charge is -2.11. The van der Waals surface area contributed by atoms with Crippen LogP contribution in [-0.2, 0) is 4.79 Å². The van der Waals surface area contributed by atoms with Gasteiger partial charge in [-0.1, -0.05) is 24.9 Å². The maximum Gasteiger partial charge on any atom is 0.241 e. The number of nitrogens with two attached hydrogens (primary N) is 1. The summed E-state index contributed by atoms with van der Waals surface area (Å²) in [6.45, 7) is 1.99. The highest BCUT2D eigenvalue weighted by Gasteiger charge is 2.12. The Morgan fingerprint density at radius 1 is 1.62 bits per heavy atom. The fourth-order valence-electron chi connectivity index (χ4n) is 1.25. The quantitative estimate of drug-likeness (QED) is 0.897. The van der Waals surface area contributed by atoms with E-state index in [9.17, 15) is 4.79 Å². The van der Waals surface area contributed by atoms with Gasteiger partial charge in [-0.15, -0.1) is 0 Å². The summed E-state index contributed by atoms with van der Waals surface area (Å²) in [6.07, 6.45) is 1.56. The summed E-state index contributed by atoms with van der Waals surface area (Å²) in [5.41, 5.74) is 6.35. The van der Waals surface area contributed by atoms with E-state index in [0.29, 0.717) is 17.1 Å². The molecule has 1 rings (SSSR count). The van der Waals surface area contributed by atoms with Crippen molar-refractivity contribution in [3.8, 4) is 0 Å². The molecule has 0 bridgehead atoms. The van der Waals surface area contributed by atoms with Crippen LogP contribution in [0.25, 0.3) is 0 Å². The van der Waals surface area contributed by atoms with E-state index in [2.05, 4.69) is 21.2 Å². The lowest BCUT2D eigenvalue weighted by Crippen LogP contribution is -2.35. The first-order valence-corrected chi connectivity index (χ1v) is 6.23. The Morgan fingerprint density at radius 3 is 2.88 bits per heavy atom. The molecule has 0 aromatic heterocycles. The molecule has 0 spiro atoms. The number of hydrogen-bond donors (Lipinski definition) is 2. The van der Waals surface area contributed by atoms with Crippen LogP contribution in [0.15, 0.2) is 22.7 Å². The molecule has 3 nitrogen and oxygen atoms in total. The van der Waals surface area contributed by atoms with Crippen molar-refractivity contribution in [2.24, 2.45) is 5.73 Å². The summed E-state index contributed by atoms with van der Waals surface area (Å²) < 4.78 is 0.796. The van der Waals surface area contributed by atoms with Gasteiger partial charge in [0.1, 0.15) is 0 Å². The zero-order valence-corrected chi connectivity index (χ0v) is 11.3. The number of carbonyl (C=O) groups is 1. The Bertz CT molecular complexity index is 384. The zero-order chi connectivity index (χ0) is 12.1. The number of hydrogen-bond acceptors (Lipinski definition) is 2. The van der Waals surface area contributed by atoms with E-state index >= 15 is 0 Å². The van der Waals surface area contributed by atoms with Crippen LogP contribution in [0.3, 0.4) is 0 Å². The molecule has 0 aliphatic heterocycles. The van der Waals surface area contributed by atoms with Crippen LogP contribution in [0.1, 0.15) is 19.8 Å². The van der Waals surface area contributed by atoms with Gasteiger partial charge in [0.05, 0.1) is 11.1 Å². The summed E-state index contributed by atoms with van der Waals surface area (Å²) in [5.74, 6) is -0.180. The Balaban J connectivity index is 2.66. The highest BCUT2D eigenvalue weighted by atomic mass is 79.9. The minimum Gasteiger partial charge on any atom is -0.325 e. The molecule has 5 heteroatoms. The number of rotatable bonds is 4. The van der Waals surface area contributed by atoms with E-state index in [1.807, 2.05) is 6.92 Å². The van der Waals surface area contributed by atoms with Gasteiger partial charge in [0.15, 0.2) is 0 Å². The van der Waals surface area contributed by atoms with Crippen LogP contribution < -0.4 is 11.1 Å². The van der Waals surface area contributed by atoms with Crippen molar-refractivity contribution in [1.29, 1.82) is 0 Å². The van der Waals surface area contributed by atoms with Crippen LogP contribution in [-0.4, -0.2) is 11.9 Å². The summed E-state index contributed by atoms with van der Waals surface area (Å²) in [7, 11) is 0. The summed E-state index contributed by atoms with van der Waals surface area (Å²) in [6, 6.07) is 4.77. The number of carbonyl (C=O) groups excluding carboxylic acids is 1. The van der Waals surface area contributed by atoms with Crippen LogP contribution >= 0.6 is 27.5 Å². The van der Waals surface area contributed by atoms with Crippen molar-refractivity contribution in [3.05, 3.63) is 27.7 Å². The molecule has 1 unspecified atom stereocenters. The second kappa shape index (κ2) is 6.23. The Kier molecular flexibility index (Phi) is 5.25. The average Bonchev–Trinajstić information content (AvgIpc) is 2.24. The predicted octanol–water partition coefficient (Wildman–Crippen LogP) is 3.17. The Hall–Kier alpha value is -0.580. The molecule has 0 heterocycles. The molecule has 1 aromatic rings. The first kappa shape index (κ1) is 13.5. The number of halogens is 2. The van der Waals surface area contributed by atoms with E-state index < -0.39 is 6.04 Å². The molecule has 0 radical (unpaired) electrons. The third kappa shape index (κ3) is 3.77. The average molecular weight is 306 g/mol. The summed E-state index contributed by atoms with van der Waals surface area (Å²) in [4.78, 5) is 11.6. The van der Waals surface area contributed by atoms with Gasteiger partial charge < -0.3 is 11.1 Å². The molecule has 0 fully saturated rings. The molecule has 3 N–H and O–H groups in total. The van der Waals surface area contributed by atoms with Crippen molar-refractivity contribution < 1.29 is 4.79 Å². The van der Waals surface area contributed by atoms with E-state index in [0.717, 1.165) is 10.9 Å². The first-order chi connectivity index (χ1) is 7.54. The van der Waals surface area contributed by atoms with Crippen LogP contribution in [0.5, 0.6) is 0 Å². The highest BCUT2D eigenvalue weighted by molar-refractivity contribution is 9.10. The molecule has 16 heavy (non-hydrogen) atoms. The van der Waals surface area contributed by atoms with Gasteiger partial charge in [0.25, 0.3) is 0 Å². The predicted molar refractivity (Wildman–Crippen MR) is 70.7 cm³/mol. The second-order valence-corrected chi connectivity index (χ2v) is 4.77. The van der Waals surface area contributed by atoms with Crippen molar-refractivity contribution in [1.82, 2.24) is 0 Å². The number of benzene rings is 1. The van der Waals surface area contributed by atoms with Crippen LogP contribution in [0, 0.1) is 0 Å². The molecule has 0 aliphatic carbocycles. The summed E-state index contributed by atoms with van der Waals surface area (Å²) in [5, 5.41) is 3.28. The van der Waals surface area contributed by atoms with E-state index in [1.54, 1.807) is 18.2 Å². The van der Waals surface area contributed by atoms with Crippen molar-refractivity contribution >= 4 is 39.1 Å². The molecule has 1 amide bonds. The highest BCUT2D eigenvalue weighted by Crippen LogP contribution is 2.25. The molecule has 0 saturated carbocycles. The van der Waals surface area contributed by atoms with Gasteiger partial charge in [-0.2, -0.15) is 0 Å². The van der Waals surface area contributed by atoms with Crippen LogP contribution in [0.2, 0.25) is 5.02 Å². The third-order valence-corrected chi connectivity index (χ3v) is 3.36. The molecule has 0 aliphatic rings. The molecule has 1 aromatic carbocycles. The molecule has 0 saturated heterocycles. The minimum absolute atomic E-state index is 0.180. The standard InChI is InChI=1S/C11H14BrClN2O/c1-2-3-10(14)11(16)15-7-4-5-8(12)9(13)6-7/h4-6,10H,2-3,14H2,1H3,(H,15,16). The Labute approximate surface area is 108 Å². The van der Waals surface area contributed by atoms with Crippen molar-refractivity contribution in [2.75, 3.05) is 5.32 Å². The Morgan fingerprint density at radius 2 is 2.31 bits per heavy atom. The van der Waals surface area contributed by atoms with Crippen LogP contribution in [0.4, 0.5) is 5.69 Å². The first-order valence-electron chi connectivity index (χ1n) is 5.06. The van der Waals surface area contributed by atoms with Gasteiger partial charge in [-0.05, 0) is 40.5 Å². The van der Waals surface area contributed by atoms with Crippen molar-refractivity contribution in [2.45, 2.75) is 25.8 Å². The number of amides is 1. The number of nitrogens with one attached hydrogen (secondary N) is 1. The normalized spacial score (nSPS) is 12.2. The maximum absolute atomic E-state index is 11.6. The second-order valence-electron chi connectivity index (χ2n) is 3.51. The molecular formula is C11H14BrClN2O. The topological polar surface area (TPSA) is 55.1 Å². The third-order valence-electron chi connectivity index (χ3n) is 2.12. The van der Waals surface area contributed by atoms with E-state index in [-0.39, 0.29) is 5.91 Å². The molecule has 88 valence electrons. The lowest BCUT2D eigenvalue weighted by atomic mass is 10.1. The summed E-state index contributed by atoms with van der Waals surface area (Å²) >= 11 is 9.19. The monoisotopic (exact) mass is 304 g/mol. The van der Waals surface area contributed by atoms with Gasteiger partial charge >= 0.3 is 0 Å². The van der Waals surface area contributed by atoms with E-state index in [1.165, 1.54) is 0 Å². The van der Waals surface area contributed by atoms with Crippen molar-refractivity contribution in [3.63, 3.8) is 0 Å². The fourth-order valence-corrected chi connectivity index (χ4v) is 1.68. The smallest absolute Gasteiger partial charge is 0.241 e. The van der Waals surface area contributed by atoms with Gasteiger partial charge in [0, 0.05) is 10.2 Å². The molecule has 1 atom stereocenters. The molecular weight excluding hydrogens is 291 g/mol. The number of anilines is 1. The van der Waals surface area contributed by atoms with Gasteiger partial charge in [0.2, 0.25) is 5.91 Å². The lowest BCUT2D eigenvalue weighted by molar-refractivity contribution is -0.117. The van der Waals surface area contributed by atoms with E-state index in [4.69, 9.17) is 17.3 Å². The van der Waals surface area contributed by atoms with Gasteiger partial charge in [-0.3, -0.25) is 4.79 Å². The fraction of sp³-hybridized carbons (Fsp3) is 0.364. The zero-order valence-electron chi connectivity index (χ0n) is 8.97.